The van der Waals surface area contributed by atoms with E-state index in [1.165, 1.54) is 24.3 Å². The Balaban J connectivity index is 2.12. The number of halogens is 7. The topological polar surface area (TPSA) is 0 Å². The summed E-state index contributed by atoms with van der Waals surface area (Å²) in [5, 5.41) is 0. The molecule has 21 heavy (non-hydrogen) atoms. The zero-order valence-electron chi connectivity index (χ0n) is 10.3. The molecule has 2 aromatic rings. The van der Waals surface area contributed by atoms with Gasteiger partial charge in [0.15, 0.2) is 7.14 Å². The fourth-order valence-corrected chi connectivity index (χ4v) is 3.69. The van der Waals surface area contributed by atoms with Crippen molar-refractivity contribution in [2.45, 2.75) is 12.4 Å². The van der Waals surface area contributed by atoms with E-state index in [-0.39, 0.29) is 0 Å². The van der Waals surface area contributed by atoms with Gasteiger partial charge in [0.05, 0.1) is 11.1 Å². The number of hydrogen-bond acceptors (Lipinski definition) is 0. The quantitative estimate of drug-likeness (QED) is 0.517. The number of rotatable bonds is 2. The molecule has 0 unspecified atom stereocenters. The first-order chi connectivity index (χ1) is 9.66. The van der Waals surface area contributed by atoms with E-state index in [1.54, 1.807) is 0 Å². The van der Waals surface area contributed by atoms with Crippen molar-refractivity contribution < 1.29 is 47.5 Å². The largest absolute Gasteiger partial charge is 0.416 e. The van der Waals surface area contributed by atoms with E-state index >= 15 is 0 Å². The number of alkyl halides is 6. The molecule has 7 heteroatoms. The second-order valence-corrected chi connectivity index (χ2v) is 7.13. The summed E-state index contributed by atoms with van der Waals surface area (Å²) in [5.74, 6) is 0. The van der Waals surface area contributed by atoms with E-state index in [4.69, 9.17) is 0 Å². The van der Waals surface area contributed by atoms with Crippen LogP contribution in [0.15, 0.2) is 48.5 Å². The van der Waals surface area contributed by atoms with Gasteiger partial charge in [0.25, 0.3) is 0 Å². The summed E-state index contributed by atoms with van der Waals surface area (Å²) >= 11 is -0.805. The maximum atomic E-state index is 12.4. The molecule has 112 valence electrons. The zero-order chi connectivity index (χ0) is 15.7. The van der Waals surface area contributed by atoms with Crippen LogP contribution in [-0.4, -0.2) is 0 Å². The molecule has 0 amide bonds. The average Bonchev–Trinajstić information content (AvgIpc) is 2.38. The minimum atomic E-state index is -4.38. The molecule has 0 saturated carbocycles. The predicted octanol–water partition coefficient (Wildman–Crippen LogP) is 1.85. The van der Waals surface area contributed by atoms with Crippen molar-refractivity contribution in [3.8, 4) is 0 Å². The first-order valence-corrected chi connectivity index (χ1v) is 7.81. The van der Waals surface area contributed by atoms with Crippen molar-refractivity contribution in [2.75, 3.05) is 0 Å². The lowest BCUT2D eigenvalue weighted by Gasteiger charge is -2.05. The Kier molecular flexibility index (Phi) is 4.50. The van der Waals surface area contributed by atoms with Crippen molar-refractivity contribution in [1.29, 1.82) is 0 Å². The molecule has 0 aromatic heterocycles. The minimum absolute atomic E-state index is 0.710. The molecule has 0 fully saturated rings. The fourth-order valence-electron chi connectivity index (χ4n) is 1.53. The SMILES string of the molecule is FC(F)(F)c1ccc([I+]c2ccc(C(F)(F)F)cc2)cc1. The van der Waals surface area contributed by atoms with Crippen LogP contribution < -0.4 is 21.2 Å². The first-order valence-electron chi connectivity index (χ1n) is 5.65. The smallest absolute Gasteiger partial charge is 0.166 e. The van der Waals surface area contributed by atoms with E-state index in [1.807, 2.05) is 0 Å². The highest BCUT2D eigenvalue weighted by atomic mass is 127. The Bertz CT molecular complexity index is 540. The zero-order valence-corrected chi connectivity index (χ0v) is 12.4. The van der Waals surface area contributed by atoms with Gasteiger partial charge in [-0.15, -0.1) is 0 Å². The van der Waals surface area contributed by atoms with Crippen LogP contribution in [-0.2, 0) is 12.4 Å². The molecule has 0 spiro atoms. The standard InChI is InChI=1S/C14H8F6I/c15-13(16,17)9-1-5-11(6-2-9)21-12-7-3-10(4-8-12)14(18,19)20/h1-8H/q+1. The maximum absolute atomic E-state index is 12.4. The summed E-state index contributed by atoms with van der Waals surface area (Å²) in [6.07, 6.45) is -8.77. The van der Waals surface area contributed by atoms with Gasteiger partial charge in [0, 0.05) is 0 Å². The van der Waals surface area contributed by atoms with E-state index in [2.05, 4.69) is 0 Å². The van der Waals surface area contributed by atoms with Crippen LogP contribution in [0.3, 0.4) is 0 Å². The summed E-state index contributed by atoms with van der Waals surface area (Å²) in [4.78, 5) is 0. The van der Waals surface area contributed by atoms with E-state index in [9.17, 15) is 26.3 Å². The second-order valence-electron chi connectivity index (χ2n) is 4.10. The lowest BCUT2D eigenvalue weighted by Crippen LogP contribution is -3.61. The summed E-state index contributed by atoms with van der Waals surface area (Å²) in [6.45, 7) is 0. The van der Waals surface area contributed by atoms with Gasteiger partial charge in [-0.2, -0.15) is 26.3 Å². The highest BCUT2D eigenvalue weighted by Gasteiger charge is 2.32. The average molecular weight is 417 g/mol. The van der Waals surface area contributed by atoms with Gasteiger partial charge >= 0.3 is 33.6 Å². The van der Waals surface area contributed by atoms with Gasteiger partial charge in [0.2, 0.25) is 0 Å². The van der Waals surface area contributed by atoms with Crippen LogP contribution in [0.5, 0.6) is 0 Å². The maximum Gasteiger partial charge on any atom is 0.416 e. The van der Waals surface area contributed by atoms with Crippen molar-refractivity contribution >= 4 is 0 Å². The molecule has 0 aliphatic heterocycles. The molecule has 2 aromatic carbocycles. The van der Waals surface area contributed by atoms with Gasteiger partial charge in [-0.05, 0) is 48.5 Å². The Morgan fingerprint density at radius 3 is 1.05 bits per heavy atom. The minimum Gasteiger partial charge on any atom is -0.166 e. The van der Waals surface area contributed by atoms with Crippen LogP contribution in [0, 0.1) is 7.14 Å². The highest BCUT2D eigenvalue weighted by Crippen LogP contribution is 2.29. The van der Waals surface area contributed by atoms with Crippen molar-refractivity contribution in [1.82, 2.24) is 0 Å². The van der Waals surface area contributed by atoms with Gasteiger partial charge in [-0.25, -0.2) is 0 Å². The van der Waals surface area contributed by atoms with Crippen LogP contribution in [0.1, 0.15) is 11.1 Å². The molecule has 0 N–H and O–H groups in total. The Hall–Kier alpha value is -1.25. The van der Waals surface area contributed by atoms with Crippen molar-refractivity contribution in [2.24, 2.45) is 0 Å². The second kappa shape index (κ2) is 5.86. The molecular weight excluding hydrogens is 409 g/mol. The van der Waals surface area contributed by atoms with Crippen LogP contribution in [0.25, 0.3) is 0 Å². The van der Waals surface area contributed by atoms with Gasteiger partial charge < -0.3 is 0 Å². The van der Waals surface area contributed by atoms with Gasteiger partial charge in [-0.1, -0.05) is 0 Å². The Labute approximate surface area is 127 Å². The summed E-state index contributed by atoms with van der Waals surface area (Å²) in [7, 11) is 0. The van der Waals surface area contributed by atoms with E-state index in [0.717, 1.165) is 24.3 Å². The summed E-state index contributed by atoms with van der Waals surface area (Å²) < 4.78 is 75.9. The summed E-state index contributed by atoms with van der Waals surface area (Å²) in [6, 6.07) is 9.42. The molecule has 0 radical (unpaired) electrons. The van der Waals surface area contributed by atoms with Gasteiger partial charge in [-0.3, -0.25) is 0 Å². The monoisotopic (exact) mass is 417 g/mol. The number of hydrogen-bond donors (Lipinski definition) is 0. The van der Waals surface area contributed by atoms with Crippen LogP contribution in [0.2, 0.25) is 0 Å². The first kappa shape index (κ1) is 16.1. The van der Waals surface area contributed by atoms with Gasteiger partial charge in [0.1, 0.15) is 0 Å². The van der Waals surface area contributed by atoms with Crippen molar-refractivity contribution in [3.05, 3.63) is 66.8 Å². The van der Waals surface area contributed by atoms with Crippen LogP contribution >= 0.6 is 0 Å². The lowest BCUT2D eigenvalue weighted by atomic mass is 10.2. The molecule has 0 bridgehead atoms. The molecule has 0 heterocycles. The Morgan fingerprint density at radius 1 is 0.524 bits per heavy atom. The third-order valence-electron chi connectivity index (χ3n) is 2.56. The fraction of sp³-hybridized carbons (Fsp3) is 0.143. The highest BCUT2D eigenvalue weighted by molar-refractivity contribution is 5.19. The number of benzene rings is 2. The normalized spacial score (nSPS) is 12.5. The third kappa shape index (κ3) is 4.36. The molecule has 0 aliphatic rings. The van der Waals surface area contributed by atoms with Crippen LogP contribution in [0.4, 0.5) is 26.3 Å². The molecule has 0 saturated heterocycles. The lowest BCUT2D eigenvalue weighted by molar-refractivity contribution is -0.597. The summed E-state index contributed by atoms with van der Waals surface area (Å²) in [5.41, 5.74) is -1.47. The molecular formula is C14H8F6I+. The predicted molar refractivity (Wildman–Crippen MR) is 60.3 cm³/mol. The van der Waals surface area contributed by atoms with Crippen molar-refractivity contribution in [3.63, 3.8) is 0 Å². The molecule has 0 nitrogen and oxygen atoms in total. The molecule has 0 aliphatic carbocycles. The third-order valence-corrected chi connectivity index (χ3v) is 5.25. The Morgan fingerprint density at radius 2 is 0.810 bits per heavy atom. The molecule has 2 rings (SSSR count). The van der Waals surface area contributed by atoms with E-state index in [0.29, 0.717) is 7.14 Å². The molecule has 0 atom stereocenters. The van der Waals surface area contributed by atoms with E-state index < -0.39 is 44.7 Å².